The molecular formula is C16H18N4O. The SMILES string of the molecule is Cc1cc(N[C@@H](C)c2ccc(O)cc2)n2nc(C)cc2n1. The third kappa shape index (κ3) is 2.67. The van der Waals surface area contributed by atoms with Gasteiger partial charge in [-0.1, -0.05) is 12.1 Å². The average Bonchev–Trinajstić information content (AvgIpc) is 2.79. The van der Waals surface area contributed by atoms with Gasteiger partial charge in [-0.3, -0.25) is 0 Å². The highest BCUT2D eigenvalue weighted by Crippen LogP contribution is 2.22. The van der Waals surface area contributed by atoms with Crippen LogP contribution in [0.2, 0.25) is 0 Å². The zero-order chi connectivity index (χ0) is 15.0. The molecule has 0 amide bonds. The van der Waals surface area contributed by atoms with Crippen LogP contribution >= 0.6 is 0 Å². The third-order valence-electron chi connectivity index (χ3n) is 3.43. The van der Waals surface area contributed by atoms with E-state index in [9.17, 15) is 5.11 Å². The number of aromatic nitrogens is 3. The molecule has 0 aliphatic rings. The van der Waals surface area contributed by atoms with Crippen molar-refractivity contribution in [1.29, 1.82) is 0 Å². The molecule has 5 heteroatoms. The number of aromatic hydroxyl groups is 1. The van der Waals surface area contributed by atoms with Gasteiger partial charge in [-0.05, 0) is 38.5 Å². The Balaban J connectivity index is 1.95. The van der Waals surface area contributed by atoms with Gasteiger partial charge in [-0.25, -0.2) is 4.98 Å². The van der Waals surface area contributed by atoms with E-state index in [0.717, 1.165) is 28.4 Å². The van der Waals surface area contributed by atoms with E-state index >= 15 is 0 Å². The zero-order valence-electron chi connectivity index (χ0n) is 12.3. The first-order chi connectivity index (χ1) is 10.0. The van der Waals surface area contributed by atoms with Gasteiger partial charge in [0, 0.05) is 23.9 Å². The molecule has 2 heterocycles. The van der Waals surface area contributed by atoms with Gasteiger partial charge >= 0.3 is 0 Å². The molecule has 0 aliphatic heterocycles. The quantitative estimate of drug-likeness (QED) is 0.774. The van der Waals surface area contributed by atoms with Crippen LogP contribution in [0, 0.1) is 13.8 Å². The Labute approximate surface area is 123 Å². The maximum absolute atomic E-state index is 9.37. The second-order valence-electron chi connectivity index (χ2n) is 5.30. The van der Waals surface area contributed by atoms with Crippen LogP contribution in [-0.2, 0) is 0 Å². The number of hydrogen-bond donors (Lipinski definition) is 2. The number of aryl methyl sites for hydroxylation is 2. The van der Waals surface area contributed by atoms with Gasteiger partial charge in [0.05, 0.1) is 5.69 Å². The van der Waals surface area contributed by atoms with E-state index in [1.54, 1.807) is 12.1 Å². The summed E-state index contributed by atoms with van der Waals surface area (Å²) in [5.74, 6) is 1.18. The lowest BCUT2D eigenvalue weighted by atomic mass is 10.1. The molecule has 5 nitrogen and oxygen atoms in total. The van der Waals surface area contributed by atoms with Gasteiger partial charge in [-0.2, -0.15) is 9.61 Å². The largest absolute Gasteiger partial charge is 0.508 e. The monoisotopic (exact) mass is 282 g/mol. The van der Waals surface area contributed by atoms with E-state index < -0.39 is 0 Å². The van der Waals surface area contributed by atoms with Gasteiger partial charge in [0.1, 0.15) is 11.6 Å². The molecule has 2 aromatic heterocycles. The number of benzene rings is 1. The van der Waals surface area contributed by atoms with Crippen LogP contribution in [0.15, 0.2) is 36.4 Å². The van der Waals surface area contributed by atoms with Gasteiger partial charge in [-0.15, -0.1) is 0 Å². The molecule has 1 aromatic carbocycles. The van der Waals surface area contributed by atoms with Crippen molar-refractivity contribution in [1.82, 2.24) is 14.6 Å². The summed E-state index contributed by atoms with van der Waals surface area (Å²) in [5.41, 5.74) is 3.82. The molecule has 21 heavy (non-hydrogen) atoms. The molecule has 1 atom stereocenters. The molecule has 2 N–H and O–H groups in total. The second-order valence-corrected chi connectivity index (χ2v) is 5.30. The maximum Gasteiger partial charge on any atom is 0.157 e. The molecule has 0 radical (unpaired) electrons. The third-order valence-corrected chi connectivity index (χ3v) is 3.43. The van der Waals surface area contributed by atoms with Crippen LogP contribution < -0.4 is 5.32 Å². The Hall–Kier alpha value is -2.56. The van der Waals surface area contributed by atoms with Crippen molar-refractivity contribution in [3.63, 3.8) is 0 Å². The topological polar surface area (TPSA) is 62.5 Å². The van der Waals surface area contributed by atoms with Crippen molar-refractivity contribution in [3.05, 3.63) is 53.3 Å². The first-order valence-corrected chi connectivity index (χ1v) is 6.92. The van der Waals surface area contributed by atoms with Crippen molar-refractivity contribution in [2.75, 3.05) is 5.32 Å². The van der Waals surface area contributed by atoms with Crippen LogP contribution in [0.5, 0.6) is 5.75 Å². The molecular weight excluding hydrogens is 264 g/mol. The lowest BCUT2D eigenvalue weighted by Gasteiger charge is -2.17. The van der Waals surface area contributed by atoms with Gasteiger partial charge in [0.15, 0.2) is 5.65 Å². The van der Waals surface area contributed by atoms with Crippen LogP contribution in [0.3, 0.4) is 0 Å². The van der Waals surface area contributed by atoms with E-state index in [-0.39, 0.29) is 11.8 Å². The van der Waals surface area contributed by atoms with Crippen molar-refractivity contribution in [3.8, 4) is 5.75 Å². The Morgan fingerprint density at radius 2 is 1.81 bits per heavy atom. The number of hydrogen-bond acceptors (Lipinski definition) is 4. The summed E-state index contributed by atoms with van der Waals surface area (Å²) in [6.45, 7) is 6.00. The van der Waals surface area contributed by atoms with E-state index in [4.69, 9.17) is 0 Å². The van der Waals surface area contributed by atoms with Gasteiger partial charge in [0.2, 0.25) is 0 Å². The van der Waals surface area contributed by atoms with Crippen molar-refractivity contribution >= 4 is 11.5 Å². The van der Waals surface area contributed by atoms with Crippen molar-refractivity contribution < 1.29 is 5.11 Å². The molecule has 0 bridgehead atoms. The van der Waals surface area contributed by atoms with E-state index in [1.165, 1.54) is 0 Å². The molecule has 3 rings (SSSR count). The first-order valence-electron chi connectivity index (χ1n) is 6.92. The maximum atomic E-state index is 9.37. The minimum absolute atomic E-state index is 0.0973. The molecule has 3 aromatic rings. The zero-order valence-corrected chi connectivity index (χ0v) is 12.3. The average molecular weight is 282 g/mol. The lowest BCUT2D eigenvalue weighted by Crippen LogP contribution is -2.11. The summed E-state index contributed by atoms with van der Waals surface area (Å²) in [6, 6.07) is 11.2. The Bertz CT molecular complexity index is 777. The fourth-order valence-corrected chi connectivity index (χ4v) is 2.39. The standard InChI is InChI=1S/C16H18N4O/c1-10-8-16(20-15(17-10)9-11(2)19-20)18-12(3)13-4-6-14(21)7-5-13/h4-9,12,18,21H,1-3H3/t12-/m0/s1. The summed E-state index contributed by atoms with van der Waals surface area (Å²) < 4.78 is 1.82. The van der Waals surface area contributed by atoms with Crippen LogP contribution in [0.25, 0.3) is 5.65 Å². The van der Waals surface area contributed by atoms with Crippen LogP contribution in [0.4, 0.5) is 5.82 Å². The number of nitrogens with one attached hydrogen (secondary N) is 1. The Morgan fingerprint density at radius 3 is 2.52 bits per heavy atom. The Morgan fingerprint density at radius 1 is 1.10 bits per heavy atom. The summed E-state index contributed by atoms with van der Waals surface area (Å²) in [7, 11) is 0. The van der Waals surface area contributed by atoms with Gasteiger partial charge < -0.3 is 10.4 Å². The molecule has 0 fully saturated rings. The summed E-state index contributed by atoms with van der Waals surface area (Å²) in [5, 5.41) is 17.3. The molecule has 0 aliphatic carbocycles. The lowest BCUT2D eigenvalue weighted by molar-refractivity contribution is 0.475. The fraction of sp³-hybridized carbons (Fsp3) is 0.250. The number of rotatable bonds is 3. The first kappa shape index (κ1) is 13.4. The second kappa shape index (κ2) is 5.09. The minimum Gasteiger partial charge on any atom is -0.508 e. The van der Waals surface area contributed by atoms with Crippen molar-refractivity contribution in [2.24, 2.45) is 0 Å². The number of fused-ring (bicyclic) bond motifs is 1. The summed E-state index contributed by atoms with van der Waals surface area (Å²) in [4.78, 5) is 4.48. The molecule has 0 unspecified atom stereocenters. The highest BCUT2D eigenvalue weighted by Gasteiger charge is 2.10. The van der Waals surface area contributed by atoms with Crippen LogP contribution in [-0.4, -0.2) is 19.7 Å². The molecule has 0 spiro atoms. The highest BCUT2D eigenvalue weighted by atomic mass is 16.3. The van der Waals surface area contributed by atoms with E-state index in [2.05, 4.69) is 22.3 Å². The number of nitrogens with zero attached hydrogens (tertiary/aromatic N) is 3. The molecule has 0 saturated heterocycles. The Kier molecular flexibility index (Phi) is 3.25. The predicted octanol–water partition coefficient (Wildman–Crippen LogP) is 3.22. The normalized spacial score (nSPS) is 12.5. The van der Waals surface area contributed by atoms with E-state index in [0.29, 0.717) is 0 Å². The van der Waals surface area contributed by atoms with Crippen molar-refractivity contribution in [2.45, 2.75) is 26.8 Å². The summed E-state index contributed by atoms with van der Waals surface area (Å²) in [6.07, 6.45) is 0. The number of anilines is 1. The van der Waals surface area contributed by atoms with Gasteiger partial charge in [0.25, 0.3) is 0 Å². The minimum atomic E-state index is 0.0973. The molecule has 108 valence electrons. The predicted molar refractivity (Wildman–Crippen MR) is 82.6 cm³/mol. The smallest absolute Gasteiger partial charge is 0.157 e. The van der Waals surface area contributed by atoms with E-state index in [1.807, 2.05) is 42.6 Å². The molecule has 0 saturated carbocycles. The highest BCUT2D eigenvalue weighted by molar-refractivity contribution is 5.51. The number of phenols is 1. The summed E-state index contributed by atoms with van der Waals surface area (Å²) >= 11 is 0. The fourth-order valence-electron chi connectivity index (χ4n) is 2.39. The number of phenolic OH excluding ortho intramolecular Hbond substituents is 1. The van der Waals surface area contributed by atoms with Crippen LogP contribution in [0.1, 0.15) is 29.9 Å².